The first kappa shape index (κ1) is 13.1. The summed E-state index contributed by atoms with van der Waals surface area (Å²) in [6.45, 7) is 2.19. The number of nitrogens with one attached hydrogen (secondary N) is 1. The lowest BCUT2D eigenvalue weighted by molar-refractivity contribution is -0.138. The van der Waals surface area contributed by atoms with Gasteiger partial charge < -0.3 is 10.6 Å². The molecular weight excluding hydrogens is 252 g/mol. The number of rotatable bonds is 3. The number of piperazine rings is 1. The van der Waals surface area contributed by atoms with Crippen molar-refractivity contribution in [2.45, 2.75) is 19.5 Å². The minimum atomic E-state index is -0.718. The van der Waals surface area contributed by atoms with Crippen LogP contribution in [0.4, 0.5) is 0 Å². The maximum Gasteiger partial charge on any atom is 0.277 e. The number of hydrogen-bond acceptors (Lipinski definition) is 6. The number of aromatic nitrogens is 3. The van der Waals surface area contributed by atoms with Gasteiger partial charge in [-0.3, -0.25) is 24.4 Å². The smallest absolute Gasteiger partial charge is 0.277 e. The zero-order valence-corrected chi connectivity index (χ0v) is 10.4. The fraction of sp³-hybridized carbons (Fsp3) is 0.500. The van der Waals surface area contributed by atoms with Crippen LogP contribution in [0.15, 0.2) is 6.20 Å². The van der Waals surface area contributed by atoms with Crippen LogP contribution in [0.25, 0.3) is 0 Å². The maximum atomic E-state index is 12.2. The molecule has 3 amide bonds. The second-order valence-corrected chi connectivity index (χ2v) is 4.18. The van der Waals surface area contributed by atoms with Crippen LogP contribution >= 0.6 is 0 Å². The van der Waals surface area contributed by atoms with E-state index in [2.05, 4.69) is 15.6 Å². The molecule has 1 aromatic rings. The highest BCUT2D eigenvalue weighted by atomic mass is 16.2. The van der Waals surface area contributed by atoms with Crippen LogP contribution in [0.1, 0.15) is 17.4 Å². The molecule has 102 valence electrons. The fourth-order valence-electron chi connectivity index (χ4n) is 1.75. The van der Waals surface area contributed by atoms with Gasteiger partial charge in [0.05, 0.1) is 12.7 Å². The molecule has 1 aliphatic rings. The molecule has 1 atom stereocenters. The average molecular weight is 266 g/mol. The Labute approximate surface area is 108 Å². The maximum absolute atomic E-state index is 12.2. The summed E-state index contributed by atoms with van der Waals surface area (Å²) < 4.78 is 1.43. The van der Waals surface area contributed by atoms with E-state index in [1.165, 1.54) is 10.9 Å². The zero-order chi connectivity index (χ0) is 14.0. The predicted molar refractivity (Wildman–Crippen MR) is 62.7 cm³/mol. The molecule has 0 radical (unpaired) electrons. The largest absolute Gasteiger partial charge is 0.329 e. The highest BCUT2D eigenvalue weighted by molar-refractivity contribution is 6.06. The minimum absolute atomic E-state index is 0.0859. The third-order valence-electron chi connectivity index (χ3n) is 2.80. The third kappa shape index (κ3) is 2.60. The quantitative estimate of drug-likeness (QED) is 0.594. The van der Waals surface area contributed by atoms with Crippen molar-refractivity contribution in [3.05, 3.63) is 11.9 Å². The number of amides is 3. The zero-order valence-electron chi connectivity index (χ0n) is 10.4. The highest BCUT2D eigenvalue weighted by Crippen LogP contribution is 2.09. The summed E-state index contributed by atoms with van der Waals surface area (Å²) in [4.78, 5) is 36.1. The van der Waals surface area contributed by atoms with E-state index in [-0.39, 0.29) is 12.2 Å². The van der Waals surface area contributed by atoms with Gasteiger partial charge in [0.25, 0.3) is 5.91 Å². The second kappa shape index (κ2) is 5.14. The lowest BCUT2D eigenvalue weighted by Gasteiger charge is -2.30. The Morgan fingerprint density at radius 3 is 3.00 bits per heavy atom. The molecule has 9 heteroatoms. The molecule has 9 nitrogen and oxygen atoms in total. The van der Waals surface area contributed by atoms with Gasteiger partial charge in [-0.1, -0.05) is 5.21 Å². The van der Waals surface area contributed by atoms with Gasteiger partial charge >= 0.3 is 0 Å². The standard InChI is InChI=1S/C10H14N6O3/c1-6-9(18)12-8(17)5-16(6)10(19)7-4-15(3-2-11)14-13-7/h4,6H,2-3,5,11H2,1H3,(H,12,17,18). The summed E-state index contributed by atoms with van der Waals surface area (Å²) in [7, 11) is 0. The number of hydrogen-bond donors (Lipinski definition) is 2. The van der Waals surface area contributed by atoms with Crippen molar-refractivity contribution < 1.29 is 14.4 Å². The van der Waals surface area contributed by atoms with E-state index in [1.807, 2.05) is 0 Å². The predicted octanol–water partition coefficient (Wildman–Crippen LogP) is -2.28. The first-order chi connectivity index (χ1) is 9.02. The van der Waals surface area contributed by atoms with Crippen molar-refractivity contribution in [2.75, 3.05) is 13.1 Å². The molecule has 2 rings (SSSR count). The van der Waals surface area contributed by atoms with Crippen molar-refractivity contribution in [2.24, 2.45) is 5.73 Å². The van der Waals surface area contributed by atoms with Gasteiger partial charge in [0, 0.05) is 6.54 Å². The van der Waals surface area contributed by atoms with Crippen molar-refractivity contribution in [3.63, 3.8) is 0 Å². The molecule has 0 saturated carbocycles. The number of nitrogens with two attached hydrogens (primary N) is 1. The van der Waals surface area contributed by atoms with Crippen LogP contribution in [-0.2, 0) is 16.1 Å². The van der Waals surface area contributed by atoms with Gasteiger partial charge in [-0.15, -0.1) is 5.10 Å². The minimum Gasteiger partial charge on any atom is -0.329 e. The molecule has 1 fully saturated rings. The van der Waals surface area contributed by atoms with Gasteiger partial charge in [0.1, 0.15) is 12.6 Å². The molecule has 0 spiro atoms. The highest BCUT2D eigenvalue weighted by Gasteiger charge is 2.34. The van der Waals surface area contributed by atoms with Crippen LogP contribution in [0.2, 0.25) is 0 Å². The van der Waals surface area contributed by atoms with E-state index < -0.39 is 23.8 Å². The third-order valence-corrected chi connectivity index (χ3v) is 2.80. The van der Waals surface area contributed by atoms with Gasteiger partial charge in [0.2, 0.25) is 11.8 Å². The Bertz CT molecular complexity index is 525. The first-order valence-electron chi connectivity index (χ1n) is 5.77. The van der Waals surface area contributed by atoms with Crippen LogP contribution in [-0.4, -0.2) is 56.7 Å². The van der Waals surface area contributed by atoms with Crippen LogP contribution in [0, 0.1) is 0 Å². The molecule has 0 bridgehead atoms. The van der Waals surface area contributed by atoms with Crippen molar-refractivity contribution in [3.8, 4) is 0 Å². The summed E-state index contributed by atoms with van der Waals surface area (Å²) in [5.41, 5.74) is 5.45. The van der Waals surface area contributed by atoms with Crippen molar-refractivity contribution in [1.82, 2.24) is 25.2 Å². The molecule has 1 saturated heterocycles. The summed E-state index contributed by atoms with van der Waals surface area (Å²) >= 11 is 0. The summed E-state index contributed by atoms with van der Waals surface area (Å²) in [6.07, 6.45) is 1.44. The number of carbonyl (C=O) groups is 3. The van der Waals surface area contributed by atoms with E-state index in [0.29, 0.717) is 13.1 Å². The topological polar surface area (TPSA) is 123 Å². The Morgan fingerprint density at radius 1 is 1.58 bits per heavy atom. The van der Waals surface area contributed by atoms with Crippen molar-refractivity contribution in [1.29, 1.82) is 0 Å². The van der Waals surface area contributed by atoms with E-state index in [1.54, 1.807) is 6.92 Å². The van der Waals surface area contributed by atoms with E-state index in [0.717, 1.165) is 4.90 Å². The molecule has 0 aromatic carbocycles. The fourth-order valence-corrected chi connectivity index (χ4v) is 1.75. The van der Waals surface area contributed by atoms with Crippen molar-refractivity contribution >= 4 is 17.7 Å². The lowest BCUT2D eigenvalue weighted by Crippen LogP contribution is -2.58. The normalized spacial score (nSPS) is 19.5. The lowest BCUT2D eigenvalue weighted by atomic mass is 10.2. The van der Waals surface area contributed by atoms with Crippen LogP contribution in [0.5, 0.6) is 0 Å². The Morgan fingerprint density at radius 2 is 2.32 bits per heavy atom. The number of imide groups is 1. The van der Waals surface area contributed by atoms with Crippen LogP contribution in [0.3, 0.4) is 0 Å². The van der Waals surface area contributed by atoms with Gasteiger partial charge in [-0.2, -0.15) is 0 Å². The van der Waals surface area contributed by atoms with Gasteiger partial charge in [-0.05, 0) is 6.92 Å². The monoisotopic (exact) mass is 266 g/mol. The molecule has 1 unspecified atom stereocenters. The molecule has 1 aromatic heterocycles. The SMILES string of the molecule is CC1C(=O)NC(=O)CN1C(=O)c1cn(CCN)nn1. The van der Waals surface area contributed by atoms with Gasteiger partial charge in [-0.25, -0.2) is 0 Å². The molecular formula is C10H14N6O3. The molecule has 1 aliphatic heterocycles. The van der Waals surface area contributed by atoms with Gasteiger partial charge in [0.15, 0.2) is 5.69 Å². The Kier molecular flexibility index (Phi) is 3.56. The number of carbonyl (C=O) groups excluding carboxylic acids is 3. The summed E-state index contributed by atoms with van der Waals surface area (Å²) in [6, 6.07) is -0.718. The van der Waals surface area contributed by atoms with E-state index >= 15 is 0 Å². The van der Waals surface area contributed by atoms with Crippen LogP contribution < -0.4 is 11.1 Å². The molecule has 2 heterocycles. The summed E-state index contributed by atoms with van der Waals surface area (Å²) in [5, 5.41) is 9.62. The average Bonchev–Trinajstić information content (AvgIpc) is 2.82. The second-order valence-electron chi connectivity index (χ2n) is 4.18. The molecule has 19 heavy (non-hydrogen) atoms. The molecule has 3 N–H and O–H groups in total. The first-order valence-corrected chi connectivity index (χ1v) is 5.77. The summed E-state index contributed by atoms with van der Waals surface area (Å²) in [5.74, 6) is -1.51. The van der Waals surface area contributed by atoms with E-state index in [9.17, 15) is 14.4 Å². The Balaban J connectivity index is 2.17. The molecule has 0 aliphatic carbocycles. The van der Waals surface area contributed by atoms with E-state index in [4.69, 9.17) is 5.73 Å². The number of nitrogens with zero attached hydrogens (tertiary/aromatic N) is 4. The Hall–Kier alpha value is -2.29.